The van der Waals surface area contributed by atoms with Crippen LogP contribution < -0.4 is 10.5 Å². The van der Waals surface area contributed by atoms with Crippen LogP contribution >= 0.6 is 0 Å². The lowest BCUT2D eigenvalue weighted by Crippen LogP contribution is -2.37. The van der Waals surface area contributed by atoms with Crippen LogP contribution in [0.4, 0.5) is 0 Å². The molecule has 0 aliphatic carbocycles. The third kappa shape index (κ3) is 2.53. The standard InChI is InChI=1S/C7H14N4O2S/c1-6(3-8)10-14(12,13)7-4-11(2)5-9-7/h4-6,10H,3,8H2,1-2H3/t6-/m1/s1. The molecule has 0 unspecified atom stereocenters. The smallest absolute Gasteiger partial charge is 0.259 e. The molecule has 80 valence electrons. The minimum atomic E-state index is -3.51. The highest BCUT2D eigenvalue weighted by Crippen LogP contribution is 2.04. The van der Waals surface area contributed by atoms with Crippen LogP contribution in [0.3, 0.4) is 0 Å². The fraction of sp³-hybridized carbons (Fsp3) is 0.571. The van der Waals surface area contributed by atoms with E-state index in [1.165, 1.54) is 12.5 Å². The molecule has 0 fully saturated rings. The Labute approximate surface area is 83.2 Å². The molecular weight excluding hydrogens is 204 g/mol. The van der Waals surface area contributed by atoms with Crippen molar-refractivity contribution in [3.05, 3.63) is 12.5 Å². The lowest BCUT2D eigenvalue weighted by Gasteiger charge is -2.09. The average molecular weight is 218 g/mol. The van der Waals surface area contributed by atoms with Crippen molar-refractivity contribution in [2.24, 2.45) is 12.8 Å². The number of imidazole rings is 1. The third-order valence-electron chi connectivity index (χ3n) is 1.67. The summed E-state index contributed by atoms with van der Waals surface area (Å²) in [7, 11) is -1.81. The molecule has 0 aliphatic heterocycles. The van der Waals surface area contributed by atoms with Crippen LogP contribution in [0.2, 0.25) is 0 Å². The molecule has 1 aromatic rings. The van der Waals surface area contributed by atoms with Crippen LogP contribution in [0.15, 0.2) is 17.6 Å². The molecule has 0 amide bonds. The zero-order valence-corrected chi connectivity index (χ0v) is 8.95. The molecule has 0 aromatic carbocycles. The molecule has 0 saturated heterocycles. The Morgan fingerprint density at radius 3 is 2.79 bits per heavy atom. The molecule has 6 nitrogen and oxygen atoms in total. The molecule has 0 aliphatic rings. The maximum Gasteiger partial charge on any atom is 0.259 e. The Morgan fingerprint density at radius 1 is 1.71 bits per heavy atom. The lowest BCUT2D eigenvalue weighted by atomic mass is 10.4. The van der Waals surface area contributed by atoms with E-state index in [0.717, 1.165) is 0 Å². The van der Waals surface area contributed by atoms with Crippen LogP contribution in [0.25, 0.3) is 0 Å². The maximum absolute atomic E-state index is 11.6. The van der Waals surface area contributed by atoms with Gasteiger partial charge in [0.15, 0.2) is 5.03 Å². The Morgan fingerprint density at radius 2 is 2.36 bits per heavy atom. The number of nitrogens with zero attached hydrogens (tertiary/aromatic N) is 2. The van der Waals surface area contributed by atoms with E-state index < -0.39 is 10.0 Å². The molecule has 3 N–H and O–H groups in total. The topological polar surface area (TPSA) is 90.0 Å². The molecule has 1 heterocycles. The number of hydrogen-bond acceptors (Lipinski definition) is 4. The second kappa shape index (κ2) is 4.07. The average Bonchev–Trinajstić information content (AvgIpc) is 2.51. The molecule has 1 aromatic heterocycles. The highest BCUT2D eigenvalue weighted by Gasteiger charge is 2.18. The summed E-state index contributed by atoms with van der Waals surface area (Å²) in [6.45, 7) is 1.95. The quantitative estimate of drug-likeness (QED) is 0.681. The van der Waals surface area contributed by atoms with Crippen molar-refractivity contribution < 1.29 is 8.42 Å². The van der Waals surface area contributed by atoms with E-state index in [1.54, 1.807) is 18.5 Å². The van der Waals surface area contributed by atoms with Crippen molar-refractivity contribution in [1.82, 2.24) is 14.3 Å². The number of nitrogens with one attached hydrogen (secondary N) is 1. The van der Waals surface area contributed by atoms with Gasteiger partial charge >= 0.3 is 0 Å². The SMILES string of the molecule is C[C@H](CN)NS(=O)(=O)c1cn(C)cn1. The lowest BCUT2D eigenvalue weighted by molar-refractivity contribution is 0.559. The van der Waals surface area contributed by atoms with E-state index in [4.69, 9.17) is 5.73 Å². The zero-order chi connectivity index (χ0) is 10.8. The molecule has 0 bridgehead atoms. The predicted octanol–water partition coefficient (Wildman–Crippen LogP) is -0.954. The molecule has 0 radical (unpaired) electrons. The fourth-order valence-electron chi connectivity index (χ4n) is 0.901. The minimum absolute atomic E-state index is 0.0142. The molecule has 7 heteroatoms. The van der Waals surface area contributed by atoms with Gasteiger partial charge in [-0.3, -0.25) is 0 Å². The molecular formula is C7H14N4O2S. The normalized spacial score (nSPS) is 14.2. The van der Waals surface area contributed by atoms with E-state index in [0.29, 0.717) is 0 Å². The number of aryl methyl sites for hydroxylation is 1. The van der Waals surface area contributed by atoms with Gasteiger partial charge < -0.3 is 10.3 Å². The predicted molar refractivity (Wildman–Crippen MR) is 52.0 cm³/mol. The van der Waals surface area contributed by atoms with Crippen LogP contribution in [-0.4, -0.2) is 30.6 Å². The van der Waals surface area contributed by atoms with Crippen molar-refractivity contribution in [2.75, 3.05) is 6.54 Å². The van der Waals surface area contributed by atoms with Crippen molar-refractivity contribution >= 4 is 10.0 Å². The van der Waals surface area contributed by atoms with Gasteiger partial charge in [0.1, 0.15) is 0 Å². The van der Waals surface area contributed by atoms with Crippen molar-refractivity contribution in [3.63, 3.8) is 0 Å². The molecule has 1 rings (SSSR count). The molecule has 0 spiro atoms. The van der Waals surface area contributed by atoms with Gasteiger partial charge in [-0.15, -0.1) is 0 Å². The van der Waals surface area contributed by atoms with Crippen LogP contribution in [0.1, 0.15) is 6.92 Å². The van der Waals surface area contributed by atoms with Gasteiger partial charge in [-0.25, -0.2) is 18.1 Å². The number of sulfonamides is 1. The van der Waals surface area contributed by atoms with Crippen LogP contribution in [0.5, 0.6) is 0 Å². The van der Waals surface area contributed by atoms with Gasteiger partial charge in [0.2, 0.25) is 0 Å². The first kappa shape index (κ1) is 11.2. The van der Waals surface area contributed by atoms with E-state index in [9.17, 15) is 8.42 Å². The van der Waals surface area contributed by atoms with Crippen LogP contribution in [-0.2, 0) is 17.1 Å². The first-order valence-electron chi connectivity index (χ1n) is 4.16. The summed E-state index contributed by atoms with van der Waals surface area (Å²) in [5.74, 6) is 0. The summed E-state index contributed by atoms with van der Waals surface area (Å²) in [6.07, 6.45) is 2.87. The highest BCUT2D eigenvalue weighted by atomic mass is 32.2. The largest absolute Gasteiger partial charge is 0.339 e. The summed E-state index contributed by atoms with van der Waals surface area (Å²) >= 11 is 0. The molecule has 0 saturated carbocycles. The van der Waals surface area contributed by atoms with E-state index >= 15 is 0 Å². The summed E-state index contributed by atoms with van der Waals surface area (Å²) in [6, 6.07) is -0.290. The Hall–Kier alpha value is -0.920. The molecule has 1 atom stereocenters. The summed E-state index contributed by atoms with van der Waals surface area (Å²) in [4.78, 5) is 3.75. The van der Waals surface area contributed by atoms with Crippen molar-refractivity contribution in [2.45, 2.75) is 18.0 Å². The van der Waals surface area contributed by atoms with E-state index in [-0.39, 0.29) is 17.6 Å². The summed E-state index contributed by atoms with van der Waals surface area (Å²) < 4.78 is 27.1. The number of nitrogens with two attached hydrogens (primary N) is 1. The Kier molecular flexibility index (Phi) is 3.25. The number of aromatic nitrogens is 2. The number of hydrogen-bond donors (Lipinski definition) is 2. The zero-order valence-electron chi connectivity index (χ0n) is 8.14. The van der Waals surface area contributed by atoms with Gasteiger partial charge in [0.25, 0.3) is 10.0 Å². The fourth-order valence-corrected chi connectivity index (χ4v) is 2.14. The van der Waals surface area contributed by atoms with Gasteiger partial charge in [-0.05, 0) is 6.92 Å². The van der Waals surface area contributed by atoms with Gasteiger partial charge in [0, 0.05) is 25.8 Å². The third-order valence-corrected chi connectivity index (χ3v) is 3.14. The maximum atomic E-state index is 11.6. The second-order valence-corrected chi connectivity index (χ2v) is 4.80. The highest BCUT2D eigenvalue weighted by molar-refractivity contribution is 7.89. The first-order chi connectivity index (χ1) is 6.45. The Balaban J connectivity index is 2.86. The van der Waals surface area contributed by atoms with Gasteiger partial charge in [0.05, 0.1) is 6.33 Å². The minimum Gasteiger partial charge on any atom is -0.339 e. The summed E-state index contributed by atoms with van der Waals surface area (Å²) in [5, 5.41) is 0.0142. The first-order valence-corrected chi connectivity index (χ1v) is 5.64. The molecule has 14 heavy (non-hydrogen) atoms. The van der Waals surface area contributed by atoms with Crippen LogP contribution in [0, 0.1) is 0 Å². The van der Waals surface area contributed by atoms with Gasteiger partial charge in [-0.2, -0.15) is 0 Å². The van der Waals surface area contributed by atoms with E-state index in [1.807, 2.05) is 0 Å². The van der Waals surface area contributed by atoms with E-state index in [2.05, 4.69) is 9.71 Å². The summed E-state index contributed by atoms with van der Waals surface area (Å²) in [5.41, 5.74) is 5.31. The van der Waals surface area contributed by atoms with Crippen molar-refractivity contribution in [1.29, 1.82) is 0 Å². The number of rotatable bonds is 4. The van der Waals surface area contributed by atoms with Gasteiger partial charge in [-0.1, -0.05) is 0 Å². The Bertz CT molecular complexity index is 398. The monoisotopic (exact) mass is 218 g/mol. The second-order valence-electron chi connectivity index (χ2n) is 3.14. The van der Waals surface area contributed by atoms with Crippen molar-refractivity contribution in [3.8, 4) is 0 Å².